The van der Waals surface area contributed by atoms with Crippen LogP contribution < -0.4 is 10.7 Å². The van der Waals surface area contributed by atoms with E-state index in [4.69, 9.17) is 0 Å². The van der Waals surface area contributed by atoms with Crippen molar-refractivity contribution < 1.29 is 4.79 Å². The van der Waals surface area contributed by atoms with Gasteiger partial charge in [-0.2, -0.15) is 0 Å². The molecule has 4 nitrogen and oxygen atoms in total. The number of piperidine rings is 1. The maximum absolute atomic E-state index is 11.7. The molecule has 14 heavy (non-hydrogen) atoms. The summed E-state index contributed by atoms with van der Waals surface area (Å²) in [5, 5.41) is 5.00. The smallest absolute Gasteiger partial charge is 0.251 e. The molecule has 0 aromatic rings. The van der Waals surface area contributed by atoms with Crippen LogP contribution >= 0.6 is 0 Å². The first-order valence-corrected chi connectivity index (χ1v) is 5.23. The largest absolute Gasteiger partial charge is 0.303 e. The van der Waals surface area contributed by atoms with Crippen LogP contribution in [0.1, 0.15) is 26.7 Å². The molecule has 1 saturated heterocycles. The molecule has 0 aliphatic carbocycles. The average molecular weight is 199 g/mol. The molecule has 0 aromatic carbocycles. The first-order chi connectivity index (χ1) is 6.49. The Morgan fingerprint density at radius 1 is 1.36 bits per heavy atom. The predicted molar refractivity (Wildman–Crippen MR) is 56.6 cm³/mol. The number of hydrazine groups is 1. The Kier molecular flexibility index (Phi) is 3.89. The van der Waals surface area contributed by atoms with Crippen molar-refractivity contribution in [2.75, 3.05) is 14.1 Å². The van der Waals surface area contributed by atoms with Crippen molar-refractivity contribution >= 4 is 5.91 Å². The summed E-state index contributed by atoms with van der Waals surface area (Å²) in [6.07, 6.45) is 2.09. The lowest BCUT2D eigenvalue weighted by molar-refractivity contribution is -0.128. The van der Waals surface area contributed by atoms with E-state index in [1.54, 1.807) is 5.01 Å². The number of rotatable bonds is 2. The van der Waals surface area contributed by atoms with E-state index in [9.17, 15) is 4.79 Å². The Balaban J connectivity index is 2.46. The molecule has 1 rings (SSSR count). The minimum Gasteiger partial charge on any atom is -0.303 e. The van der Waals surface area contributed by atoms with E-state index >= 15 is 0 Å². The highest BCUT2D eigenvalue weighted by atomic mass is 16.2. The van der Waals surface area contributed by atoms with E-state index in [1.807, 2.05) is 14.1 Å². The van der Waals surface area contributed by atoms with E-state index in [1.165, 1.54) is 0 Å². The molecule has 1 amide bonds. The fourth-order valence-electron chi connectivity index (χ4n) is 2.06. The Bertz CT molecular complexity index is 196. The van der Waals surface area contributed by atoms with Crippen LogP contribution in [0.4, 0.5) is 0 Å². The molecule has 4 heteroatoms. The van der Waals surface area contributed by atoms with Crippen molar-refractivity contribution in [3.05, 3.63) is 0 Å². The summed E-state index contributed by atoms with van der Waals surface area (Å²) in [5.41, 5.74) is 2.79. The van der Waals surface area contributed by atoms with Gasteiger partial charge in [-0.05, 0) is 25.7 Å². The first-order valence-electron chi connectivity index (χ1n) is 5.23. The number of carbonyl (C=O) groups is 1. The Labute approximate surface area is 86.0 Å². The lowest BCUT2D eigenvalue weighted by Gasteiger charge is -2.32. The minimum absolute atomic E-state index is 0.0313. The Morgan fingerprint density at radius 2 is 2.00 bits per heavy atom. The van der Waals surface area contributed by atoms with Crippen molar-refractivity contribution in [1.29, 1.82) is 0 Å². The van der Waals surface area contributed by atoms with E-state index in [0.717, 1.165) is 12.8 Å². The number of carbonyl (C=O) groups excluding carboxylic acids is 1. The molecule has 82 valence electrons. The third-order valence-corrected chi connectivity index (χ3v) is 2.53. The van der Waals surface area contributed by atoms with Crippen LogP contribution in [0.3, 0.4) is 0 Å². The summed E-state index contributed by atoms with van der Waals surface area (Å²) < 4.78 is 0. The van der Waals surface area contributed by atoms with Crippen molar-refractivity contribution in [3.63, 3.8) is 0 Å². The maximum Gasteiger partial charge on any atom is 0.251 e. The van der Waals surface area contributed by atoms with Crippen molar-refractivity contribution in [3.8, 4) is 0 Å². The second-order valence-electron chi connectivity index (χ2n) is 4.57. The second-order valence-corrected chi connectivity index (χ2v) is 4.57. The van der Waals surface area contributed by atoms with Gasteiger partial charge in [-0.15, -0.1) is 0 Å². The van der Waals surface area contributed by atoms with Gasteiger partial charge in [0.15, 0.2) is 0 Å². The van der Waals surface area contributed by atoms with Crippen LogP contribution in [0.5, 0.6) is 0 Å². The predicted octanol–water partition coefficient (Wildman–Crippen LogP) is 0.356. The maximum atomic E-state index is 11.7. The molecular formula is C10H21N3O. The monoisotopic (exact) mass is 199 g/mol. The Morgan fingerprint density at radius 3 is 2.50 bits per heavy atom. The van der Waals surface area contributed by atoms with Crippen LogP contribution in [-0.4, -0.2) is 37.1 Å². The molecule has 1 fully saturated rings. The van der Waals surface area contributed by atoms with Gasteiger partial charge in [-0.3, -0.25) is 10.2 Å². The molecule has 1 aliphatic heterocycles. The number of hydrogen-bond acceptors (Lipinski definition) is 3. The quantitative estimate of drug-likeness (QED) is 0.631. The lowest BCUT2D eigenvalue weighted by Crippen LogP contribution is -2.54. The topological polar surface area (TPSA) is 44.4 Å². The second kappa shape index (κ2) is 4.75. The van der Waals surface area contributed by atoms with Crippen molar-refractivity contribution in [2.45, 2.75) is 38.8 Å². The lowest BCUT2D eigenvalue weighted by atomic mass is 9.90. The van der Waals surface area contributed by atoms with Gasteiger partial charge in [-0.25, -0.2) is 5.01 Å². The minimum atomic E-state index is -0.0313. The molecule has 0 saturated carbocycles. The van der Waals surface area contributed by atoms with Gasteiger partial charge in [0.25, 0.3) is 5.91 Å². The molecule has 0 radical (unpaired) electrons. The van der Waals surface area contributed by atoms with Crippen LogP contribution in [0.25, 0.3) is 0 Å². The highest BCUT2D eigenvalue weighted by molar-refractivity contribution is 5.81. The van der Waals surface area contributed by atoms with Gasteiger partial charge in [-0.1, -0.05) is 6.92 Å². The molecular weight excluding hydrogens is 178 g/mol. The van der Waals surface area contributed by atoms with Crippen LogP contribution in [0.15, 0.2) is 0 Å². The van der Waals surface area contributed by atoms with E-state index in [-0.39, 0.29) is 11.9 Å². The average Bonchev–Trinajstić information content (AvgIpc) is 2.00. The summed E-state index contributed by atoms with van der Waals surface area (Å²) in [4.78, 5) is 11.7. The van der Waals surface area contributed by atoms with Gasteiger partial charge in [0.05, 0.1) is 6.04 Å². The van der Waals surface area contributed by atoms with Gasteiger partial charge in [0.2, 0.25) is 0 Å². The van der Waals surface area contributed by atoms with Gasteiger partial charge >= 0.3 is 0 Å². The summed E-state index contributed by atoms with van der Waals surface area (Å²) in [5.74, 6) is 0.706. The van der Waals surface area contributed by atoms with E-state index < -0.39 is 0 Å². The summed E-state index contributed by atoms with van der Waals surface area (Å²) >= 11 is 0. The molecule has 2 N–H and O–H groups in total. The van der Waals surface area contributed by atoms with Gasteiger partial charge in [0.1, 0.15) is 0 Å². The summed E-state index contributed by atoms with van der Waals surface area (Å²) in [6.45, 7) is 4.33. The molecule has 0 bridgehead atoms. The highest BCUT2D eigenvalue weighted by Gasteiger charge is 2.28. The van der Waals surface area contributed by atoms with E-state index in [0.29, 0.717) is 12.0 Å². The third-order valence-electron chi connectivity index (χ3n) is 2.53. The van der Waals surface area contributed by atoms with Crippen LogP contribution in [-0.2, 0) is 4.79 Å². The van der Waals surface area contributed by atoms with E-state index in [2.05, 4.69) is 24.6 Å². The zero-order valence-electron chi connectivity index (χ0n) is 9.50. The summed E-state index contributed by atoms with van der Waals surface area (Å²) in [7, 11) is 3.65. The zero-order chi connectivity index (χ0) is 10.7. The van der Waals surface area contributed by atoms with Crippen LogP contribution in [0, 0.1) is 5.92 Å². The molecule has 0 aromatic heterocycles. The first kappa shape index (κ1) is 11.5. The fourth-order valence-corrected chi connectivity index (χ4v) is 2.06. The fraction of sp³-hybridized carbons (Fsp3) is 0.900. The normalized spacial score (nSPS) is 33.1. The molecule has 0 spiro atoms. The Hall–Kier alpha value is -0.610. The highest BCUT2D eigenvalue weighted by Crippen LogP contribution is 2.19. The number of hydrogen-bond donors (Lipinski definition) is 2. The van der Waals surface area contributed by atoms with Crippen molar-refractivity contribution in [1.82, 2.24) is 15.8 Å². The van der Waals surface area contributed by atoms with Crippen molar-refractivity contribution in [2.24, 2.45) is 5.92 Å². The number of nitrogens with zero attached hydrogens (tertiary/aromatic N) is 1. The third kappa shape index (κ3) is 3.27. The summed E-state index contributed by atoms with van der Waals surface area (Å²) in [6, 6.07) is 0.410. The molecule has 1 heterocycles. The molecule has 3 atom stereocenters. The standard InChI is InChI=1S/C10H21N3O/c1-7-5-8(2)11-9(6-7)10(14)12-13(3)4/h7-9,11H,5-6H2,1-4H3,(H,12,14). The molecule has 3 unspecified atom stereocenters. The zero-order valence-corrected chi connectivity index (χ0v) is 9.50. The SMILES string of the molecule is CC1CC(C)NC(C(=O)NN(C)C)C1. The number of amides is 1. The van der Waals surface area contributed by atoms with Crippen LogP contribution in [0.2, 0.25) is 0 Å². The van der Waals surface area contributed by atoms with Gasteiger partial charge < -0.3 is 5.32 Å². The number of nitrogens with one attached hydrogen (secondary N) is 2. The molecule has 1 aliphatic rings. The van der Waals surface area contributed by atoms with Gasteiger partial charge in [0, 0.05) is 20.1 Å².